The van der Waals surface area contributed by atoms with Crippen LogP contribution >= 0.6 is 0 Å². The van der Waals surface area contributed by atoms with Crippen LogP contribution in [0.15, 0.2) is 106 Å². The van der Waals surface area contributed by atoms with E-state index in [-0.39, 0.29) is 40.8 Å². The van der Waals surface area contributed by atoms with E-state index in [0.717, 1.165) is 35.9 Å². The molecule has 22 nitrogen and oxygen atoms in total. The van der Waals surface area contributed by atoms with Crippen molar-refractivity contribution in [2.75, 3.05) is 98.9 Å². The molecule has 0 bridgehead atoms. The molecule has 0 atom stereocenters. The number of hydrogen-bond acceptors (Lipinski definition) is 15. The molecule has 0 aliphatic rings. The van der Waals surface area contributed by atoms with Crippen LogP contribution in [0.5, 0.6) is 5.75 Å². The minimum Gasteiger partial charge on any atom is -0.506 e. The Morgan fingerprint density at radius 2 is 1.26 bits per heavy atom. The number of hydrogen-bond donors (Lipinski definition) is 6. The number of phenolic OH excluding ortho intramolecular Hbond substituents is 1. The number of benzene rings is 4. The Morgan fingerprint density at radius 1 is 0.623 bits per heavy atom. The number of aromatic nitrogens is 2. The van der Waals surface area contributed by atoms with Gasteiger partial charge in [-0.15, -0.1) is 5.11 Å². The number of aromatic hydroxyl groups is 1. The molecule has 5 rings (SSSR count). The number of carbonyl (C=O) groups is 5. The first-order chi connectivity index (χ1) is 37.3. The van der Waals surface area contributed by atoms with E-state index in [9.17, 15) is 29.1 Å². The van der Waals surface area contributed by atoms with Crippen LogP contribution in [0.2, 0.25) is 0 Å². The number of imidazole rings is 1. The van der Waals surface area contributed by atoms with Crippen molar-refractivity contribution in [1.82, 2.24) is 25.5 Å². The van der Waals surface area contributed by atoms with E-state index in [0.29, 0.717) is 129 Å². The predicted molar refractivity (Wildman–Crippen MR) is 287 cm³/mol. The normalized spacial score (nSPS) is 11.8. The van der Waals surface area contributed by atoms with Gasteiger partial charge in [-0.1, -0.05) is 24.3 Å². The summed E-state index contributed by atoms with van der Waals surface area (Å²) in [6.45, 7) is 11.8. The lowest BCUT2D eigenvalue weighted by Crippen LogP contribution is -2.33. The average molecular weight is 1070 g/mol. The molecule has 0 spiro atoms. The number of primary amides is 1. The zero-order chi connectivity index (χ0) is 55.1. The Kier molecular flexibility index (Phi) is 26.4. The van der Waals surface area contributed by atoms with E-state index in [4.69, 9.17) is 38.9 Å². The van der Waals surface area contributed by atoms with Gasteiger partial charge in [-0.05, 0) is 119 Å². The maximum atomic E-state index is 13.0. The Labute approximate surface area is 448 Å². The monoisotopic (exact) mass is 1070 g/mol. The van der Waals surface area contributed by atoms with Gasteiger partial charge in [0.15, 0.2) is 0 Å². The Hall–Kier alpha value is -7.34. The number of nitrogens with two attached hydrogens (primary N) is 1. The fraction of sp³-hybridized carbons (Fsp3) is 0.455. The van der Waals surface area contributed by atoms with Crippen LogP contribution in [0, 0.1) is 0 Å². The van der Waals surface area contributed by atoms with Gasteiger partial charge in [-0.3, -0.25) is 19.2 Å². The van der Waals surface area contributed by atoms with Crippen molar-refractivity contribution in [2.24, 2.45) is 21.0 Å². The van der Waals surface area contributed by atoms with Gasteiger partial charge in [-0.2, -0.15) is 10.1 Å². The fourth-order valence-corrected chi connectivity index (χ4v) is 7.21. The van der Waals surface area contributed by atoms with Gasteiger partial charge in [0, 0.05) is 49.3 Å². The van der Waals surface area contributed by atoms with Crippen LogP contribution in [0.4, 0.5) is 16.2 Å². The van der Waals surface area contributed by atoms with Crippen molar-refractivity contribution in [3.8, 4) is 5.75 Å². The topological polar surface area (TPSA) is 290 Å². The molecular formula is C55H73N9O13. The van der Waals surface area contributed by atoms with Crippen molar-refractivity contribution in [3.63, 3.8) is 0 Å². The number of nitrogens with one attached hydrogen (secondary N) is 4. The van der Waals surface area contributed by atoms with Crippen molar-refractivity contribution in [3.05, 3.63) is 119 Å². The number of unbranched alkanes of at least 4 members (excludes halogenated alkanes) is 2. The summed E-state index contributed by atoms with van der Waals surface area (Å²) in [5.74, 6) is -1.49. The summed E-state index contributed by atoms with van der Waals surface area (Å²) in [6.07, 6.45) is 2.68. The van der Waals surface area contributed by atoms with Gasteiger partial charge in [0.1, 0.15) is 17.0 Å². The lowest BCUT2D eigenvalue weighted by molar-refractivity contribution is -0.122. The number of aryl methyl sites for hydroxylation is 1. The number of azo groups is 1. The van der Waals surface area contributed by atoms with Gasteiger partial charge in [-0.25, -0.2) is 4.79 Å². The van der Waals surface area contributed by atoms with E-state index >= 15 is 0 Å². The molecule has 5 aromatic rings. The smallest absolute Gasteiger partial charge is 0.407 e. The highest BCUT2D eigenvalue weighted by atomic mass is 16.6. The molecule has 22 heteroatoms. The molecule has 416 valence electrons. The number of ether oxygens (including phenoxy) is 7. The lowest BCUT2D eigenvalue weighted by atomic mass is 10.1. The molecule has 0 saturated heterocycles. The summed E-state index contributed by atoms with van der Waals surface area (Å²) in [5, 5.41) is 27.1. The van der Waals surface area contributed by atoms with Crippen LogP contribution < -0.4 is 27.3 Å². The second kappa shape index (κ2) is 33.6. The summed E-state index contributed by atoms with van der Waals surface area (Å²) in [7, 11) is 0. The molecule has 4 aromatic carbocycles. The number of amides is 5. The van der Waals surface area contributed by atoms with Gasteiger partial charge in [0.05, 0.1) is 96.0 Å². The van der Waals surface area contributed by atoms with Crippen molar-refractivity contribution in [2.45, 2.75) is 65.0 Å². The summed E-state index contributed by atoms with van der Waals surface area (Å²) in [5.41, 5.74) is 9.52. The van der Waals surface area contributed by atoms with Crippen molar-refractivity contribution < 1.29 is 62.2 Å². The molecule has 0 saturated carbocycles. The number of carbonyl (C=O) groups excluding carboxylic acids is 5. The third-order valence-corrected chi connectivity index (χ3v) is 11.1. The standard InChI is InChI=1S/C55H73N9O13/c1-55(2,3)77-54(70)59-23-20-40-14-19-48(65)46(38-40)63-62-44-17-15-41(16-18-44)51(68)58-24-27-72-29-31-74-33-35-76-37-36-75-34-32-73-30-28-71-26-21-49(66)57-22-7-4-8-25-64-47-13-6-5-12-45(47)60-53(64)61-52(69)43-11-9-10-42(39-43)50(56)67/h5-6,9-19,38-39,65H,4,7-8,20-37H2,1-3H3,(H2,56,67)(H,57,66)(H,58,68)(H,59,70)(H,60,61,69)/b63-62+. The number of phenols is 1. The molecular weight excluding hydrogens is 995 g/mol. The van der Waals surface area contributed by atoms with Gasteiger partial charge < -0.3 is 69.5 Å². The molecule has 0 fully saturated rings. The summed E-state index contributed by atoms with van der Waals surface area (Å²) < 4.78 is 40.4. The second-order valence-electron chi connectivity index (χ2n) is 18.3. The van der Waals surface area contributed by atoms with Gasteiger partial charge >= 0.3 is 6.09 Å². The third kappa shape index (κ3) is 23.6. The number of rotatable bonds is 35. The first-order valence-electron chi connectivity index (χ1n) is 25.7. The SMILES string of the molecule is CC(C)(C)OC(=O)NCCc1ccc(O)c(/N=N/c2ccc(C(=O)NCCOCCOCCOCCOCCOCCOCCC(=O)NCCCCCn3/c(=N/C(=O)c4cccc(C(N)=O)c4)[nH]c4ccccc43)cc2)c1. The van der Waals surface area contributed by atoms with Crippen LogP contribution in [-0.4, -0.2) is 149 Å². The Morgan fingerprint density at radius 3 is 1.92 bits per heavy atom. The largest absolute Gasteiger partial charge is 0.506 e. The third-order valence-electron chi connectivity index (χ3n) is 11.1. The molecule has 0 unspecified atom stereocenters. The van der Waals surface area contributed by atoms with Crippen LogP contribution in [-0.2, 0) is 50.9 Å². The highest BCUT2D eigenvalue weighted by Crippen LogP contribution is 2.29. The van der Waals surface area contributed by atoms with E-state index in [1.165, 1.54) is 12.1 Å². The van der Waals surface area contributed by atoms with E-state index in [1.807, 2.05) is 28.8 Å². The highest BCUT2D eigenvalue weighted by Gasteiger charge is 2.16. The summed E-state index contributed by atoms with van der Waals surface area (Å²) >= 11 is 0. The van der Waals surface area contributed by atoms with Gasteiger partial charge in [0.2, 0.25) is 17.4 Å². The molecule has 1 heterocycles. The first-order valence-corrected chi connectivity index (χ1v) is 25.7. The molecule has 0 aliphatic heterocycles. The molecule has 7 N–H and O–H groups in total. The van der Waals surface area contributed by atoms with Crippen LogP contribution in [0.25, 0.3) is 11.0 Å². The first kappa shape index (κ1) is 60.5. The van der Waals surface area contributed by atoms with E-state index in [2.05, 4.69) is 36.2 Å². The average Bonchev–Trinajstić information content (AvgIpc) is 3.76. The zero-order valence-corrected chi connectivity index (χ0v) is 44.2. The van der Waals surface area contributed by atoms with Crippen molar-refractivity contribution in [1.29, 1.82) is 0 Å². The Balaban J connectivity index is 0.776. The number of aromatic amines is 1. The Bertz CT molecular complexity index is 2740. The van der Waals surface area contributed by atoms with Crippen molar-refractivity contribution >= 4 is 52.1 Å². The van der Waals surface area contributed by atoms with E-state index < -0.39 is 23.5 Å². The molecule has 5 amide bonds. The van der Waals surface area contributed by atoms with Crippen LogP contribution in [0.1, 0.15) is 83.1 Å². The molecule has 0 aliphatic carbocycles. The summed E-state index contributed by atoms with van der Waals surface area (Å²) in [6, 6.07) is 25.4. The maximum Gasteiger partial charge on any atom is 0.407 e. The number of para-hydroxylation sites is 2. The van der Waals surface area contributed by atoms with Crippen LogP contribution in [0.3, 0.4) is 0 Å². The number of nitrogens with zero attached hydrogens (tertiary/aromatic N) is 4. The highest BCUT2D eigenvalue weighted by molar-refractivity contribution is 5.99. The van der Waals surface area contributed by atoms with E-state index in [1.54, 1.807) is 75.4 Å². The molecule has 0 radical (unpaired) electrons. The quantitative estimate of drug-likeness (QED) is 0.0195. The zero-order valence-electron chi connectivity index (χ0n) is 44.2. The fourth-order valence-electron chi connectivity index (χ4n) is 7.21. The number of fused-ring (bicyclic) bond motifs is 1. The number of H-pyrrole nitrogens is 1. The summed E-state index contributed by atoms with van der Waals surface area (Å²) in [4.78, 5) is 68.9. The minimum absolute atomic E-state index is 0.0374. The molecule has 77 heavy (non-hydrogen) atoms. The molecule has 1 aromatic heterocycles. The maximum absolute atomic E-state index is 13.0. The second-order valence-corrected chi connectivity index (χ2v) is 18.3. The lowest BCUT2D eigenvalue weighted by Gasteiger charge is -2.19. The minimum atomic E-state index is -0.619. The predicted octanol–water partition coefficient (Wildman–Crippen LogP) is 6.20. The number of alkyl carbamates (subject to hydrolysis) is 1. The van der Waals surface area contributed by atoms with Gasteiger partial charge in [0.25, 0.3) is 11.8 Å².